The first-order valence-corrected chi connectivity index (χ1v) is 18.8. The van der Waals surface area contributed by atoms with Crippen molar-refractivity contribution in [2.75, 3.05) is 19.7 Å². The molecule has 13 nitrogen and oxygen atoms in total. The number of hydrogen-bond donors (Lipinski definition) is 6. The summed E-state index contributed by atoms with van der Waals surface area (Å²) in [5.41, 5.74) is 19.0. The van der Waals surface area contributed by atoms with Crippen LogP contribution in [0.25, 0.3) is 0 Å². The van der Waals surface area contributed by atoms with Crippen LogP contribution in [0, 0.1) is 0 Å². The van der Waals surface area contributed by atoms with E-state index in [1.807, 2.05) is 126 Å². The molecule has 0 aliphatic heterocycles. The van der Waals surface area contributed by atoms with E-state index in [4.69, 9.17) is 31.4 Å². The Morgan fingerprint density at radius 2 is 1.09 bits per heavy atom. The van der Waals surface area contributed by atoms with E-state index in [0.29, 0.717) is 25.9 Å². The first-order chi connectivity index (χ1) is 26.4. The van der Waals surface area contributed by atoms with E-state index in [2.05, 4.69) is 22.5 Å². The normalized spacial score (nSPS) is 11.8. The minimum atomic E-state index is -0.780. The fourth-order valence-corrected chi connectivity index (χ4v) is 4.48. The highest BCUT2D eigenvalue weighted by Crippen LogP contribution is 2.10. The van der Waals surface area contributed by atoms with E-state index in [1.165, 1.54) is 6.08 Å². The molecule has 9 N–H and O–H groups in total. The maximum absolute atomic E-state index is 11.6. The molecule has 0 fully saturated rings. The van der Waals surface area contributed by atoms with Gasteiger partial charge in [0.15, 0.2) is 0 Å². The lowest BCUT2D eigenvalue weighted by Gasteiger charge is -2.23. The fraction of sp³-hybridized carbons (Fsp3) is 0.455. The maximum Gasteiger partial charge on any atom is 0.408 e. The molecule has 13 heteroatoms. The molecule has 0 aliphatic carbocycles. The summed E-state index contributed by atoms with van der Waals surface area (Å²) in [6, 6.07) is 28.2. The highest BCUT2D eigenvalue weighted by Gasteiger charge is 2.23. The van der Waals surface area contributed by atoms with E-state index >= 15 is 0 Å². The van der Waals surface area contributed by atoms with Gasteiger partial charge in [-0.2, -0.15) is 0 Å². The molecular weight excluding hydrogens is 725 g/mol. The Hall–Kier alpha value is -5.40. The van der Waals surface area contributed by atoms with Crippen molar-refractivity contribution in [1.82, 2.24) is 16.0 Å². The van der Waals surface area contributed by atoms with Gasteiger partial charge in [-0.05, 0) is 71.1 Å². The molecule has 3 atom stereocenters. The highest BCUT2D eigenvalue weighted by molar-refractivity contribution is 5.84. The molecule has 0 saturated carbocycles. The van der Waals surface area contributed by atoms with Gasteiger partial charge in [0.25, 0.3) is 0 Å². The first kappa shape index (κ1) is 53.7. The zero-order valence-corrected chi connectivity index (χ0v) is 34.5. The quantitative estimate of drug-likeness (QED) is 0.0746. The summed E-state index contributed by atoms with van der Waals surface area (Å²) in [6.07, 6.45) is 1.76. The number of nitrogens with one attached hydrogen (secondary N) is 3. The van der Waals surface area contributed by atoms with Crippen molar-refractivity contribution in [2.45, 2.75) is 111 Å². The number of hydrogen-bond acceptors (Lipinski definition) is 9. The maximum atomic E-state index is 11.6. The largest absolute Gasteiger partial charge is 0.445 e. The topological polar surface area (TPSA) is 210 Å². The van der Waals surface area contributed by atoms with Crippen LogP contribution < -0.4 is 33.2 Å². The number of nitrogens with two attached hydrogens (primary N) is 3. The Morgan fingerprint density at radius 3 is 1.47 bits per heavy atom. The average molecular weight is 795 g/mol. The molecule has 3 aromatic rings. The minimum absolute atomic E-state index is 0. The molecule has 0 unspecified atom stereocenters. The van der Waals surface area contributed by atoms with Gasteiger partial charge in [-0.15, -0.1) is 0 Å². The van der Waals surface area contributed by atoms with Gasteiger partial charge in [0, 0.05) is 31.6 Å². The van der Waals surface area contributed by atoms with Gasteiger partial charge < -0.3 is 47.4 Å². The van der Waals surface area contributed by atoms with E-state index in [-0.39, 0.29) is 26.1 Å². The monoisotopic (exact) mass is 795 g/mol. The van der Waals surface area contributed by atoms with E-state index < -0.39 is 41.4 Å². The third-order valence-electron chi connectivity index (χ3n) is 6.83. The number of carbonyl (C=O) groups is 4. The van der Waals surface area contributed by atoms with Crippen LogP contribution >= 0.6 is 0 Å². The summed E-state index contributed by atoms with van der Waals surface area (Å²) in [7, 11) is 0. The van der Waals surface area contributed by atoms with E-state index in [0.717, 1.165) is 23.1 Å². The fourth-order valence-electron chi connectivity index (χ4n) is 4.48. The minimum Gasteiger partial charge on any atom is -0.445 e. The lowest BCUT2D eigenvalue weighted by atomic mass is 10.1. The highest BCUT2D eigenvalue weighted by atomic mass is 16.6. The summed E-state index contributed by atoms with van der Waals surface area (Å²) in [4.78, 5) is 45.7. The van der Waals surface area contributed by atoms with E-state index in [9.17, 15) is 19.2 Å². The number of alkyl carbamates (subject to hydrolysis) is 3. The van der Waals surface area contributed by atoms with Gasteiger partial charge in [-0.3, -0.25) is 4.79 Å². The number of amides is 4. The Balaban J connectivity index is 0. The Labute approximate surface area is 341 Å². The number of ether oxygens (including phenoxy) is 3. The van der Waals surface area contributed by atoms with Crippen LogP contribution in [0.15, 0.2) is 104 Å². The van der Waals surface area contributed by atoms with Crippen molar-refractivity contribution < 1.29 is 33.4 Å². The predicted molar refractivity (Wildman–Crippen MR) is 231 cm³/mol. The van der Waals surface area contributed by atoms with Crippen LogP contribution in [-0.4, -0.2) is 73.2 Å². The molecule has 57 heavy (non-hydrogen) atoms. The predicted octanol–water partition coefficient (Wildman–Crippen LogP) is 6.82. The third-order valence-corrected chi connectivity index (χ3v) is 6.83. The SMILES string of the molecule is C.C=CCOC(=O)NC[C@@H](N)Cc1ccccc1.CC.CC(C)(C)OC(=O)N[C@@H](Cc1ccccc1)C(N)=O.CC(C)(C)OC(=O)N[C@H](CN)Cc1ccccc1. The standard InChI is InChI=1S/C14H20N2O3.C14H22N2O2.C13H18N2O2.C2H6.CH4/c1-14(2,3)19-13(18)16-11(12(15)17)9-10-7-5-4-6-8-10;1-14(2,3)18-13(17)16-12(10-15)9-11-7-5-4-6-8-11;1-2-8-17-13(16)15-10-12(14)9-11-6-4-3-5-7-11;1-2;/h4-8,11H,9H2,1-3H3,(H2,15,17)(H,16,18);4-8,12H,9-10,15H2,1-3H3,(H,16,17);2-7,12H,1,8-10,14H2,(H,15,16);1-2H3;1H4/t11-;2*12-;;/m000../s1. The van der Waals surface area contributed by atoms with Crippen molar-refractivity contribution in [2.24, 2.45) is 17.2 Å². The van der Waals surface area contributed by atoms with Crippen LogP contribution in [0.3, 0.4) is 0 Å². The van der Waals surface area contributed by atoms with Crippen molar-refractivity contribution in [3.05, 3.63) is 120 Å². The van der Waals surface area contributed by atoms with Gasteiger partial charge in [-0.25, -0.2) is 14.4 Å². The molecule has 0 radical (unpaired) electrons. The van der Waals surface area contributed by atoms with Crippen molar-refractivity contribution in [3.63, 3.8) is 0 Å². The number of primary amides is 1. The summed E-state index contributed by atoms with van der Waals surface area (Å²) in [5.74, 6) is -0.588. The number of benzene rings is 3. The molecule has 3 rings (SSSR count). The molecule has 0 bridgehead atoms. The second kappa shape index (κ2) is 29.8. The van der Waals surface area contributed by atoms with Crippen LogP contribution in [0.1, 0.15) is 79.5 Å². The van der Waals surface area contributed by atoms with Gasteiger partial charge in [0.2, 0.25) is 5.91 Å². The Bertz CT molecular complexity index is 1530. The number of rotatable bonds is 14. The van der Waals surface area contributed by atoms with E-state index in [1.54, 1.807) is 20.8 Å². The number of carbonyl (C=O) groups excluding carboxylic acids is 4. The van der Waals surface area contributed by atoms with Crippen LogP contribution in [0.4, 0.5) is 14.4 Å². The molecular formula is C44H70N6O7. The second-order valence-electron chi connectivity index (χ2n) is 14.3. The lowest BCUT2D eigenvalue weighted by molar-refractivity contribution is -0.120. The zero-order valence-electron chi connectivity index (χ0n) is 34.5. The lowest BCUT2D eigenvalue weighted by Crippen LogP contribution is -2.47. The van der Waals surface area contributed by atoms with Crippen LogP contribution in [0.5, 0.6) is 0 Å². The zero-order chi connectivity index (χ0) is 42.6. The molecule has 3 aromatic carbocycles. The van der Waals surface area contributed by atoms with Gasteiger partial charge in [0.1, 0.15) is 23.9 Å². The van der Waals surface area contributed by atoms with Gasteiger partial charge in [-0.1, -0.05) is 125 Å². The molecule has 0 saturated heterocycles. The summed E-state index contributed by atoms with van der Waals surface area (Å²) in [5, 5.41) is 7.87. The second-order valence-corrected chi connectivity index (χ2v) is 14.3. The molecule has 4 amide bonds. The Morgan fingerprint density at radius 1 is 0.684 bits per heavy atom. The van der Waals surface area contributed by atoms with Crippen molar-refractivity contribution in [3.8, 4) is 0 Å². The molecule has 0 aliphatic rings. The van der Waals surface area contributed by atoms with Crippen molar-refractivity contribution in [1.29, 1.82) is 0 Å². The summed E-state index contributed by atoms with van der Waals surface area (Å²) < 4.78 is 15.1. The van der Waals surface area contributed by atoms with Crippen LogP contribution in [-0.2, 0) is 38.3 Å². The molecule has 318 valence electrons. The van der Waals surface area contributed by atoms with Crippen molar-refractivity contribution >= 4 is 24.2 Å². The smallest absolute Gasteiger partial charge is 0.408 e. The first-order valence-electron chi connectivity index (χ1n) is 18.8. The molecule has 0 spiro atoms. The third kappa shape index (κ3) is 29.5. The van der Waals surface area contributed by atoms with Crippen LogP contribution in [0.2, 0.25) is 0 Å². The van der Waals surface area contributed by atoms with Gasteiger partial charge >= 0.3 is 18.3 Å². The molecule has 0 heterocycles. The van der Waals surface area contributed by atoms with Gasteiger partial charge in [0.05, 0.1) is 0 Å². The summed E-state index contributed by atoms with van der Waals surface area (Å²) >= 11 is 0. The average Bonchev–Trinajstić information content (AvgIpc) is 3.13. The summed E-state index contributed by atoms with van der Waals surface area (Å²) in [6.45, 7) is 19.2. The Kier molecular flexibility index (Phi) is 28.1. The molecule has 0 aromatic heterocycles.